The predicted octanol–water partition coefficient (Wildman–Crippen LogP) is 3.06. The van der Waals surface area contributed by atoms with Gasteiger partial charge in [-0.05, 0) is 18.6 Å². The normalized spacial score (nSPS) is 28.0. The van der Waals surface area contributed by atoms with Crippen LogP contribution in [0, 0.1) is 15.5 Å². The van der Waals surface area contributed by atoms with Gasteiger partial charge in [-0.3, -0.25) is 10.1 Å². The highest BCUT2D eigenvalue weighted by molar-refractivity contribution is 5.33. The Hall–Kier alpha value is -1.46. The lowest BCUT2D eigenvalue weighted by Gasteiger charge is -2.36. The molecule has 0 unspecified atom stereocenters. The van der Waals surface area contributed by atoms with Crippen LogP contribution in [0.3, 0.4) is 0 Å². The molecular weight excluding hydrogens is 234 g/mol. The SMILES string of the molecule is CCC1(C)COC(c2ccc([N+](=O)[O-])cc2)OC1. The first kappa shape index (κ1) is 13.0. The number of ether oxygens (including phenoxy) is 2. The fourth-order valence-electron chi connectivity index (χ4n) is 1.79. The number of hydrogen-bond donors (Lipinski definition) is 0. The lowest BCUT2D eigenvalue weighted by Crippen LogP contribution is -2.35. The van der Waals surface area contributed by atoms with Crippen molar-refractivity contribution in [3.05, 3.63) is 39.9 Å². The average molecular weight is 251 g/mol. The quantitative estimate of drug-likeness (QED) is 0.612. The van der Waals surface area contributed by atoms with Gasteiger partial charge in [0, 0.05) is 23.1 Å². The summed E-state index contributed by atoms with van der Waals surface area (Å²) in [4.78, 5) is 10.1. The molecule has 0 atom stereocenters. The van der Waals surface area contributed by atoms with Crippen molar-refractivity contribution in [2.45, 2.75) is 26.6 Å². The molecule has 0 amide bonds. The molecule has 0 aromatic heterocycles. The maximum atomic E-state index is 10.6. The van der Waals surface area contributed by atoms with Crippen molar-refractivity contribution in [1.29, 1.82) is 0 Å². The third kappa shape index (κ3) is 2.68. The summed E-state index contributed by atoms with van der Waals surface area (Å²) in [5, 5.41) is 10.6. The van der Waals surface area contributed by atoms with E-state index < -0.39 is 11.2 Å². The van der Waals surface area contributed by atoms with Crippen molar-refractivity contribution in [1.82, 2.24) is 0 Å². The molecule has 2 rings (SSSR count). The maximum absolute atomic E-state index is 10.6. The van der Waals surface area contributed by atoms with Crippen LogP contribution in [0.25, 0.3) is 0 Å². The van der Waals surface area contributed by atoms with Crippen molar-refractivity contribution in [2.24, 2.45) is 5.41 Å². The van der Waals surface area contributed by atoms with Gasteiger partial charge in [-0.1, -0.05) is 13.8 Å². The summed E-state index contributed by atoms with van der Waals surface area (Å²) in [7, 11) is 0. The number of nitro groups is 1. The van der Waals surface area contributed by atoms with Crippen LogP contribution in [0.2, 0.25) is 0 Å². The van der Waals surface area contributed by atoms with Gasteiger partial charge in [-0.25, -0.2) is 0 Å². The molecule has 1 fully saturated rings. The minimum absolute atomic E-state index is 0.0667. The first-order valence-corrected chi connectivity index (χ1v) is 6.02. The first-order valence-electron chi connectivity index (χ1n) is 6.02. The van der Waals surface area contributed by atoms with E-state index in [2.05, 4.69) is 13.8 Å². The van der Waals surface area contributed by atoms with Crippen molar-refractivity contribution in [3.63, 3.8) is 0 Å². The monoisotopic (exact) mass is 251 g/mol. The van der Waals surface area contributed by atoms with Gasteiger partial charge < -0.3 is 9.47 Å². The fraction of sp³-hybridized carbons (Fsp3) is 0.538. The molecule has 0 radical (unpaired) electrons. The molecule has 98 valence electrons. The number of non-ortho nitro benzene ring substituents is 1. The van der Waals surface area contributed by atoms with Gasteiger partial charge in [0.1, 0.15) is 0 Å². The van der Waals surface area contributed by atoms with Crippen LogP contribution in [0.15, 0.2) is 24.3 Å². The molecule has 0 N–H and O–H groups in total. The number of rotatable bonds is 3. The van der Waals surface area contributed by atoms with Gasteiger partial charge in [-0.2, -0.15) is 0 Å². The molecule has 5 nitrogen and oxygen atoms in total. The van der Waals surface area contributed by atoms with Crippen molar-refractivity contribution in [2.75, 3.05) is 13.2 Å². The summed E-state index contributed by atoms with van der Waals surface area (Å²) in [6.07, 6.45) is 0.588. The van der Waals surface area contributed by atoms with Crippen LogP contribution in [-0.4, -0.2) is 18.1 Å². The Bertz CT molecular complexity index is 421. The van der Waals surface area contributed by atoms with Crippen LogP contribution in [0.5, 0.6) is 0 Å². The highest BCUT2D eigenvalue weighted by Gasteiger charge is 2.31. The van der Waals surface area contributed by atoms with Gasteiger partial charge in [0.05, 0.1) is 18.1 Å². The highest BCUT2D eigenvalue weighted by atomic mass is 16.7. The molecule has 5 heteroatoms. The van der Waals surface area contributed by atoms with Crippen LogP contribution in [0.1, 0.15) is 32.1 Å². The molecule has 0 aliphatic carbocycles. The largest absolute Gasteiger partial charge is 0.348 e. The lowest BCUT2D eigenvalue weighted by molar-refractivity contribution is -0.384. The van der Waals surface area contributed by atoms with E-state index in [-0.39, 0.29) is 11.1 Å². The Balaban J connectivity index is 2.03. The molecule has 18 heavy (non-hydrogen) atoms. The van der Waals surface area contributed by atoms with E-state index in [9.17, 15) is 10.1 Å². The van der Waals surface area contributed by atoms with Crippen molar-refractivity contribution in [3.8, 4) is 0 Å². The third-order valence-corrected chi connectivity index (χ3v) is 3.40. The van der Waals surface area contributed by atoms with Crippen LogP contribution in [0.4, 0.5) is 5.69 Å². The second kappa shape index (κ2) is 5.04. The summed E-state index contributed by atoms with van der Waals surface area (Å²) >= 11 is 0. The number of benzene rings is 1. The Kier molecular flexibility index (Phi) is 3.63. The minimum atomic E-state index is -0.416. The van der Waals surface area contributed by atoms with E-state index in [0.717, 1.165) is 12.0 Å². The fourth-order valence-corrected chi connectivity index (χ4v) is 1.79. The molecule has 0 bridgehead atoms. The van der Waals surface area contributed by atoms with E-state index in [4.69, 9.17) is 9.47 Å². The van der Waals surface area contributed by atoms with E-state index in [1.54, 1.807) is 12.1 Å². The van der Waals surface area contributed by atoms with Crippen molar-refractivity contribution < 1.29 is 14.4 Å². The third-order valence-electron chi connectivity index (χ3n) is 3.40. The second-order valence-corrected chi connectivity index (χ2v) is 4.97. The summed E-state index contributed by atoms with van der Waals surface area (Å²) in [6, 6.07) is 6.29. The molecule has 1 heterocycles. The number of hydrogen-bond acceptors (Lipinski definition) is 4. The Morgan fingerprint density at radius 3 is 2.33 bits per heavy atom. The zero-order valence-electron chi connectivity index (χ0n) is 10.6. The molecule has 1 aromatic rings. The van der Waals surface area contributed by atoms with Gasteiger partial charge in [0.2, 0.25) is 0 Å². The van der Waals surface area contributed by atoms with E-state index in [0.29, 0.717) is 13.2 Å². The highest BCUT2D eigenvalue weighted by Crippen LogP contribution is 2.33. The van der Waals surface area contributed by atoms with Gasteiger partial charge in [0.15, 0.2) is 6.29 Å². The summed E-state index contributed by atoms with van der Waals surface area (Å²) in [6.45, 7) is 5.52. The van der Waals surface area contributed by atoms with Gasteiger partial charge in [0.25, 0.3) is 5.69 Å². The van der Waals surface area contributed by atoms with E-state index in [1.807, 2.05) is 0 Å². The van der Waals surface area contributed by atoms with Crippen LogP contribution < -0.4 is 0 Å². The van der Waals surface area contributed by atoms with Crippen LogP contribution in [-0.2, 0) is 9.47 Å². The zero-order valence-corrected chi connectivity index (χ0v) is 10.6. The molecule has 0 saturated carbocycles. The molecular formula is C13H17NO4. The Morgan fingerprint density at radius 1 is 1.33 bits per heavy atom. The van der Waals surface area contributed by atoms with Gasteiger partial charge in [-0.15, -0.1) is 0 Å². The van der Waals surface area contributed by atoms with Crippen LogP contribution >= 0.6 is 0 Å². The summed E-state index contributed by atoms with van der Waals surface area (Å²) < 4.78 is 11.4. The second-order valence-electron chi connectivity index (χ2n) is 4.97. The molecule has 1 aliphatic heterocycles. The predicted molar refractivity (Wildman–Crippen MR) is 66.1 cm³/mol. The molecule has 1 saturated heterocycles. The average Bonchev–Trinajstić information content (AvgIpc) is 2.40. The Morgan fingerprint density at radius 2 is 1.89 bits per heavy atom. The standard InChI is InChI=1S/C13H17NO4/c1-3-13(2)8-17-12(18-9-13)10-4-6-11(7-5-10)14(15)16/h4-7,12H,3,8-9H2,1-2H3. The van der Waals surface area contributed by atoms with Gasteiger partial charge >= 0.3 is 0 Å². The zero-order chi connectivity index (χ0) is 13.2. The van der Waals surface area contributed by atoms with E-state index in [1.165, 1.54) is 12.1 Å². The Labute approximate surface area is 106 Å². The smallest absolute Gasteiger partial charge is 0.269 e. The topological polar surface area (TPSA) is 61.6 Å². The lowest BCUT2D eigenvalue weighted by atomic mass is 9.89. The minimum Gasteiger partial charge on any atom is -0.348 e. The number of nitro benzene ring substituents is 1. The van der Waals surface area contributed by atoms with E-state index >= 15 is 0 Å². The first-order chi connectivity index (χ1) is 8.54. The maximum Gasteiger partial charge on any atom is 0.269 e. The molecule has 0 spiro atoms. The summed E-state index contributed by atoms with van der Waals surface area (Å²) in [5.74, 6) is 0. The molecule has 1 aromatic carbocycles. The molecule has 1 aliphatic rings. The number of nitrogens with zero attached hydrogens (tertiary/aromatic N) is 1. The summed E-state index contributed by atoms with van der Waals surface area (Å²) in [5.41, 5.74) is 0.962. The van der Waals surface area contributed by atoms with Crippen molar-refractivity contribution >= 4 is 5.69 Å².